The summed E-state index contributed by atoms with van der Waals surface area (Å²) in [6.45, 7) is 9.53. The Labute approximate surface area is 169 Å². The molecule has 0 N–H and O–H groups in total. The van der Waals surface area contributed by atoms with Crippen molar-refractivity contribution in [3.8, 4) is 5.75 Å². The van der Waals surface area contributed by atoms with Gasteiger partial charge in [0.15, 0.2) is 17.4 Å². The summed E-state index contributed by atoms with van der Waals surface area (Å²) in [6, 6.07) is 0.570. The van der Waals surface area contributed by atoms with Crippen LogP contribution in [-0.2, 0) is 5.92 Å². The van der Waals surface area contributed by atoms with Gasteiger partial charge < -0.3 is 4.43 Å². The molecule has 0 saturated heterocycles. The third-order valence-electron chi connectivity index (χ3n) is 5.75. The fourth-order valence-corrected chi connectivity index (χ4v) is 8.46. The van der Waals surface area contributed by atoms with Crippen LogP contribution in [0.25, 0.3) is 5.83 Å². The Kier molecular flexibility index (Phi) is 7.18. The van der Waals surface area contributed by atoms with Crippen LogP contribution in [0.15, 0.2) is 0 Å². The maximum Gasteiger partial charge on any atom is 0.305 e. The predicted octanol–water partition coefficient (Wildman–Crippen LogP) is 8.05. The molecule has 0 atom stereocenters. The van der Waals surface area contributed by atoms with E-state index in [0.717, 1.165) is 31.8 Å². The van der Waals surface area contributed by atoms with Gasteiger partial charge in [0.25, 0.3) is 8.32 Å². The zero-order chi connectivity index (χ0) is 22.1. The van der Waals surface area contributed by atoms with E-state index in [1.165, 1.54) is 0 Å². The van der Waals surface area contributed by atoms with Gasteiger partial charge in [-0.3, -0.25) is 0 Å². The molecule has 0 amide bonds. The minimum absolute atomic E-state index is 0.0902. The number of hydrogen-bond acceptors (Lipinski definition) is 1. The Morgan fingerprint density at radius 3 is 2.00 bits per heavy atom. The lowest BCUT2D eigenvalue weighted by Gasteiger charge is -2.39. The first-order valence-corrected chi connectivity index (χ1v) is 12.3. The van der Waals surface area contributed by atoms with Gasteiger partial charge >= 0.3 is 5.92 Å². The van der Waals surface area contributed by atoms with Crippen molar-refractivity contribution in [3.05, 3.63) is 34.7 Å². The monoisotopic (exact) mass is 437 g/mol. The highest BCUT2D eigenvalue weighted by Gasteiger charge is 2.50. The van der Waals surface area contributed by atoms with Crippen molar-refractivity contribution in [2.24, 2.45) is 0 Å². The molecule has 2 rings (SSSR count). The fraction of sp³-hybridized carbons (Fsp3) is 0.619. The molecule has 1 aromatic carbocycles. The van der Waals surface area contributed by atoms with Crippen molar-refractivity contribution in [1.82, 2.24) is 0 Å². The molecule has 0 saturated carbocycles. The average Bonchev–Trinajstić information content (AvgIpc) is 2.86. The van der Waals surface area contributed by atoms with Crippen LogP contribution in [0.3, 0.4) is 0 Å². The molecule has 1 radical (unpaired) electrons. The summed E-state index contributed by atoms with van der Waals surface area (Å²) in [7, 11) is -2.90. The number of unbranched alkanes of at least 4 members (excludes halogenated alkanes) is 3. The van der Waals surface area contributed by atoms with Gasteiger partial charge in [-0.2, -0.15) is 13.2 Å². The Morgan fingerprint density at radius 2 is 1.48 bits per heavy atom. The number of hydrogen-bond donors (Lipinski definition) is 0. The minimum Gasteiger partial charge on any atom is -0.539 e. The van der Waals surface area contributed by atoms with Gasteiger partial charge in [-0.15, -0.1) is 0 Å². The number of alkyl halides is 2. The highest BCUT2D eigenvalue weighted by Crippen LogP contribution is 2.50. The van der Waals surface area contributed by atoms with Crippen LogP contribution in [0.2, 0.25) is 17.1 Å². The fourth-order valence-electron chi connectivity index (χ4n) is 4.04. The molecule has 0 spiro atoms. The zero-order valence-electron chi connectivity index (χ0n) is 17.4. The van der Waals surface area contributed by atoms with Crippen molar-refractivity contribution in [2.45, 2.75) is 83.4 Å². The SMILES string of the molecule is CCCCCC[Si](Oc1c(F)c(F)c2c(c1F)C(F)=[C]C2(F)F)(C(C)C)C(C)C. The number of allylic oxidation sites excluding steroid dienone is 1. The molecule has 0 bridgehead atoms. The van der Waals surface area contributed by atoms with Gasteiger partial charge in [-0.25, -0.2) is 13.2 Å². The maximum atomic E-state index is 15.0. The largest absolute Gasteiger partial charge is 0.539 e. The van der Waals surface area contributed by atoms with Crippen molar-refractivity contribution >= 4 is 14.1 Å². The quantitative estimate of drug-likeness (QED) is 0.164. The second kappa shape index (κ2) is 8.74. The van der Waals surface area contributed by atoms with E-state index < -0.39 is 54.4 Å². The van der Waals surface area contributed by atoms with E-state index in [9.17, 15) is 26.3 Å². The third-order valence-corrected chi connectivity index (χ3v) is 11.4. The van der Waals surface area contributed by atoms with Crippen LogP contribution in [0, 0.1) is 23.5 Å². The molecule has 0 aliphatic heterocycles. The van der Waals surface area contributed by atoms with Gasteiger partial charge in [-0.05, 0) is 17.1 Å². The van der Waals surface area contributed by atoms with E-state index in [1.54, 1.807) is 0 Å². The Balaban J connectivity index is 2.56. The van der Waals surface area contributed by atoms with Crippen LogP contribution in [0.4, 0.5) is 26.3 Å². The normalized spacial score (nSPS) is 15.8. The molecule has 0 fully saturated rings. The van der Waals surface area contributed by atoms with Crippen LogP contribution in [0.5, 0.6) is 5.75 Å². The first kappa shape index (κ1) is 23.8. The smallest absolute Gasteiger partial charge is 0.305 e. The van der Waals surface area contributed by atoms with Crippen LogP contribution in [-0.4, -0.2) is 8.32 Å². The number of fused-ring (bicyclic) bond motifs is 1. The molecular weight excluding hydrogens is 410 g/mol. The average molecular weight is 438 g/mol. The highest BCUT2D eigenvalue weighted by atomic mass is 28.4. The van der Waals surface area contributed by atoms with E-state index in [-0.39, 0.29) is 11.1 Å². The first-order valence-electron chi connectivity index (χ1n) is 9.99. The lowest BCUT2D eigenvalue weighted by molar-refractivity contribution is 0.0418. The van der Waals surface area contributed by atoms with Crippen molar-refractivity contribution in [3.63, 3.8) is 0 Å². The third kappa shape index (κ3) is 4.23. The summed E-state index contributed by atoms with van der Waals surface area (Å²) in [5.74, 6) is -12.6. The van der Waals surface area contributed by atoms with Crippen molar-refractivity contribution in [2.75, 3.05) is 0 Å². The molecule has 0 unspecified atom stereocenters. The van der Waals surface area contributed by atoms with E-state index in [0.29, 0.717) is 6.04 Å². The van der Waals surface area contributed by atoms with Gasteiger partial charge in [0.05, 0.1) is 17.2 Å². The molecule has 29 heavy (non-hydrogen) atoms. The summed E-state index contributed by atoms with van der Waals surface area (Å²) in [5.41, 5.74) is -3.15. The van der Waals surface area contributed by atoms with Gasteiger partial charge in [0, 0.05) is 0 Å². The molecule has 0 heterocycles. The van der Waals surface area contributed by atoms with E-state index in [1.807, 2.05) is 27.7 Å². The molecule has 163 valence electrons. The molecule has 1 nitrogen and oxygen atoms in total. The summed E-state index contributed by atoms with van der Waals surface area (Å²) in [4.78, 5) is 0. The summed E-state index contributed by atoms with van der Waals surface area (Å²) in [5, 5.41) is 0. The second-order valence-electron chi connectivity index (χ2n) is 8.21. The minimum atomic E-state index is -4.24. The Morgan fingerprint density at radius 1 is 0.897 bits per heavy atom. The van der Waals surface area contributed by atoms with Gasteiger partial charge in [0.2, 0.25) is 5.82 Å². The predicted molar refractivity (Wildman–Crippen MR) is 103 cm³/mol. The summed E-state index contributed by atoms with van der Waals surface area (Å²) >= 11 is 0. The van der Waals surface area contributed by atoms with E-state index in [4.69, 9.17) is 4.43 Å². The topological polar surface area (TPSA) is 9.23 Å². The van der Waals surface area contributed by atoms with Crippen molar-refractivity contribution < 1.29 is 30.8 Å². The Hall–Kier alpha value is -1.44. The van der Waals surface area contributed by atoms with Gasteiger partial charge in [-0.1, -0.05) is 60.3 Å². The molecule has 1 aliphatic rings. The van der Waals surface area contributed by atoms with Gasteiger partial charge in [0.1, 0.15) is 5.83 Å². The molecule has 0 aromatic heterocycles. The summed E-state index contributed by atoms with van der Waals surface area (Å²) < 4.78 is 91.5. The van der Waals surface area contributed by atoms with Crippen molar-refractivity contribution in [1.29, 1.82) is 0 Å². The highest BCUT2D eigenvalue weighted by molar-refractivity contribution is 6.77. The standard InChI is InChI=1S/C21H27F6OSi/c1-6-7-8-9-10-29(12(2)3,13(4)5)28-20-17(23)15-14(22)11-21(26,27)16(15)18(24)19(20)25/h12-13H,6-10H2,1-5H3. The first-order chi connectivity index (χ1) is 13.4. The van der Waals surface area contributed by atoms with E-state index >= 15 is 0 Å². The molecular formula is C21H27F6OSi. The molecule has 1 aromatic rings. The lowest BCUT2D eigenvalue weighted by atomic mass is 10.1. The second-order valence-corrected chi connectivity index (χ2v) is 13.1. The molecule has 1 aliphatic carbocycles. The summed E-state index contributed by atoms with van der Waals surface area (Å²) in [6.07, 6.45) is 4.77. The molecule has 8 heteroatoms. The maximum absolute atomic E-state index is 15.0. The lowest BCUT2D eigenvalue weighted by Crippen LogP contribution is -2.48. The van der Waals surface area contributed by atoms with Crippen LogP contribution < -0.4 is 4.43 Å². The van der Waals surface area contributed by atoms with Crippen LogP contribution >= 0.6 is 0 Å². The number of rotatable bonds is 9. The zero-order valence-corrected chi connectivity index (χ0v) is 18.4. The number of halogens is 6. The van der Waals surface area contributed by atoms with Crippen LogP contribution in [0.1, 0.15) is 71.4 Å². The number of benzene rings is 1. The van der Waals surface area contributed by atoms with E-state index in [2.05, 4.69) is 6.92 Å². The Bertz CT molecular complexity index is 780.